The van der Waals surface area contributed by atoms with Gasteiger partial charge in [0.05, 0.1) is 13.2 Å². The Bertz CT molecular complexity index is 230. The van der Waals surface area contributed by atoms with Crippen molar-refractivity contribution in [1.82, 2.24) is 10.2 Å². The van der Waals surface area contributed by atoms with Crippen LogP contribution in [0, 0.1) is 0 Å². The smallest absolute Gasteiger partial charge is 0.320 e. The van der Waals surface area contributed by atoms with Gasteiger partial charge in [0.1, 0.15) is 6.04 Å². The highest BCUT2D eigenvalue weighted by Gasteiger charge is 2.20. The summed E-state index contributed by atoms with van der Waals surface area (Å²) in [5.74, 6) is -0.749. The molecule has 0 radical (unpaired) electrons. The topological polar surface area (TPSA) is 61.8 Å². The highest BCUT2D eigenvalue weighted by molar-refractivity contribution is 5.73. The first-order chi connectivity index (χ1) is 8.13. The molecule has 0 aromatic rings. The summed E-state index contributed by atoms with van der Waals surface area (Å²) in [5, 5.41) is 12.2. The number of hydrogen-bond donors (Lipinski definition) is 2. The average Bonchev–Trinajstić information content (AvgIpc) is 2.29. The molecular formula is C12H24N2O3. The molecule has 1 aliphatic heterocycles. The van der Waals surface area contributed by atoms with Crippen LogP contribution in [0.15, 0.2) is 0 Å². The van der Waals surface area contributed by atoms with E-state index in [2.05, 4.69) is 10.2 Å². The van der Waals surface area contributed by atoms with Crippen LogP contribution >= 0.6 is 0 Å². The van der Waals surface area contributed by atoms with Crippen molar-refractivity contribution in [1.29, 1.82) is 0 Å². The molecule has 100 valence electrons. The number of aliphatic carboxylic acids is 1. The number of carboxylic acids is 1. The molecule has 0 amide bonds. The number of ether oxygens (including phenoxy) is 1. The van der Waals surface area contributed by atoms with Gasteiger partial charge in [0.2, 0.25) is 0 Å². The molecule has 1 fully saturated rings. The summed E-state index contributed by atoms with van der Waals surface area (Å²) >= 11 is 0. The maximum Gasteiger partial charge on any atom is 0.320 e. The summed E-state index contributed by atoms with van der Waals surface area (Å²) < 4.78 is 5.28. The number of carboxylic acid groups (broad SMARTS) is 1. The van der Waals surface area contributed by atoms with Crippen LogP contribution in [-0.4, -0.2) is 60.9 Å². The Hall–Kier alpha value is -0.650. The molecule has 1 heterocycles. The summed E-state index contributed by atoms with van der Waals surface area (Å²) in [4.78, 5) is 13.3. The molecule has 1 saturated heterocycles. The van der Waals surface area contributed by atoms with E-state index in [0.717, 1.165) is 39.3 Å². The molecule has 0 bridgehead atoms. The van der Waals surface area contributed by atoms with Crippen LogP contribution < -0.4 is 5.32 Å². The number of rotatable bonds is 7. The lowest BCUT2D eigenvalue weighted by molar-refractivity contribution is -0.140. The number of carbonyl (C=O) groups is 1. The molecule has 5 nitrogen and oxygen atoms in total. The first-order valence-electron chi connectivity index (χ1n) is 6.42. The van der Waals surface area contributed by atoms with E-state index in [-0.39, 0.29) is 6.04 Å². The largest absolute Gasteiger partial charge is 0.480 e. The van der Waals surface area contributed by atoms with Crippen LogP contribution in [0.1, 0.15) is 26.7 Å². The van der Waals surface area contributed by atoms with Crippen molar-refractivity contribution in [3.8, 4) is 0 Å². The van der Waals surface area contributed by atoms with Gasteiger partial charge in [0.25, 0.3) is 0 Å². The number of nitrogens with one attached hydrogen (secondary N) is 1. The minimum absolute atomic E-state index is 0.195. The van der Waals surface area contributed by atoms with Gasteiger partial charge >= 0.3 is 5.97 Å². The average molecular weight is 244 g/mol. The molecule has 0 spiro atoms. The van der Waals surface area contributed by atoms with Gasteiger partial charge in [0, 0.05) is 25.7 Å². The molecule has 2 atom stereocenters. The second-order valence-electron chi connectivity index (χ2n) is 4.66. The van der Waals surface area contributed by atoms with Crippen LogP contribution in [0.4, 0.5) is 0 Å². The summed E-state index contributed by atoms with van der Waals surface area (Å²) in [5.41, 5.74) is 0. The first-order valence-corrected chi connectivity index (χ1v) is 6.42. The van der Waals surface area contributed by atoms with Crippen LogP contribution in [0.5, 0.6) is 0 Å². The maximum absolute atomic E-state index is 11.0. The standard InChI is InChI=1S/C12H24N2O3/c1-3-4-11(12(15)16)13-10(2)9-14-5-7-17-8-6-14/h10-11,13H,3-9H2,1-2H3,(H,15,16). The fraction of sp³-hybridized carbons (Fsp3) is 0.917. The van der Waals surface area contributed by atoms with E-state index >= 15 is 0 Å². The highest BCUT2D eigenvalue weighted by atomic mass is 16.5. The fourth-order valence-electron chi connectivity index (χ4n) is 2.13. The molecular weight excluding hydrogens is 220 g/mol. The van der Waals surface area contributed by atoms with Gasteiger partial charge in [-0.15, -0.1) is 0 Å². The van der Waals surface area contributed by atoms with Gasteiger partial charge < -0.3 is 15.2 Å². The summed E-state index contributed by atoms with van der Waals surface area (Å²) in [7, 11) is 0. The lowest BCUT2D eigenvalue weighted by atomic mass is 10.1. The van der Waals surface area contributed by atoms with E-state index in [1.807, 2.05) is 13.8 Å². The lowest BCUT2D eigenvalue weighted by Gasteiger charge is -2.30. The molecule has 17 heavy (non-hydrogen) atoms. The third-order valence-electron chi connectivity index (χ3n) is 3.00. The highest BCUT2D eigenvalue weighted by Crippen LogP contribution is 2.02. The van der Waals surface area contributed by atoms with Crippen molar-refractivity contribution in [2.75, 3.05) is 32.8 Å². The molecule has 5 heteroatoms. The Labute approximate surface area is 103 Å². The Morgan fingerprint density at radius 2 is 2.12 bits per heavy atom. The SMILES string of the molecule is CCCC(NC(C)CN1CCOCC1)C(=O)O. The third kappa shape index (κ3) is 5.48. The maximum atomic E-state index is 11.0. The van der Waals surface area contributed by atoms with Gasteiger partial charge in [-0.2, -0.15) is 0 Å². The minimum Gasteiger partial charge on any atom is -0.480 e. The second-order valence-corrected chi connectivity index (χ2v) is 4.66. The number of morpholine rings is 1. The van der Waals surface area contributed by atoms with Crippen LogP contribution in [0.25, 0.3) is 0 Å². The van der Waals surface area contributed by atoms with E-state index in [4.69, 9.17) is 9.84 Å². The Balaban J connectivity index is 2.30. The van der Waals surface area contributed by atoms with Crippen molar-refractivity contribution in [3.05, 3.63) is 0 Å². The van der Waals surface area contributed by atoms with Crippen molar-refractivity contribution < 1.29 is 14.6 Å². The lowest BCUT2D eigenvalue weighted by Crippen LogP contribution is -2.49. The van der Waals surface area contributed by atoms with Crippen molar-refractivity contribution in [3.63, 3.8) is 0 Å². The Kier molecular flexibility index (Phi) is 6.47. The van der Waals surface area contributed by atoms with E-state index in [0.29, 0.717) is 6.42 Å². The summed E-state index contributed by atoms with van der Waals surface area (Å²) in [6.07, 6.45) is 1.57. The van der Waals surface area contributed by atoms with E-state index in [9.17, 15) is 4.79 Å². The van der Waals surface area contributed by atoms with Gasteiger partial charge in [-0.05, 0) is 13.3 Å². The van der Waals surface area contributed by atoms with Gasteiger partial charge in [0.15, 0.2) is 0 Å². The molecule has 0 aliphatic carbocycles. The van der Waals surface area contributed by atoms with Gasteiger partial charge in [-0.1, -0.05) is 13.3 Å². The van der Waals surface area contributed by atoms with Crippen molar-refractivity contribution >= 4 is 5.97 Å². The summed E-state index contributed by atoms with van der Waals surface area (Å²) in [6, 6.07) is -0.225. The second kappa shape index (κ2) is 7.63. The molecule has 1 aliphatic rings. The fourth-order valence-corrected chi connectivity index (χ4v) is 2.13. The predicted octanol–water partition coefficient (Wildman–Crippen LogP) is 0.550. The Morgan fingerprint density at radius 3 is 2.65 bits per heavy atom. The Morgan fingerprint density at radius 1 is 1.47 bits per heavy atom. The molecule has 0 aromatic heterocycles. The van der Waals surface area contributed by atoms with Crippen LogP contribution in [-0.2, 0) is 9.53 Å². The summed E-state index contributed by atoms with van der Waals surface area (Å²) in [6.45, 7) is 8.38. The molecule has 2 N–H and O–H groups in total. The third-order valence-corrected chi connectivity index (χ3v) is 3.00. The van der Waals surface area contributed by atoms with Gasteiger partial charge in [-0.3, -0.25) is 9.69 Å². The quantitative estimate of drug-likeness (QED) is 0.685. The first kappa shape index (κ1) is 14.4. The molecule has 1 rings (SSSR count). The van der Waals surface area contributed by atoms with Crippen molar-refractivity contribution in [2.24, 2.45) is 0 Å². The van der Waals surface area contributed by atoms with E-state index in [1.54, 1.807) is 0 Å². The van der Waals surface area contributed by atoms with Crippen molar-refractivity contribution in [2.45, 2.75) is 38.8 Å². The van der Waals surface area contributed by atoms with E-state index < -0.39 is 12.0 Å². The van der Waals surface area contributed by atoms with Crippen LogP contribution in [0.3, 0.4) is 0 Å². The molecule has 0 saturated carbocycles. The minimum atomic E-state index is -0.749. The molecule has 0 aromatic carbocycles. The zero-order valence-corrected chi connectivity index (χ0v) is 10.8. The predicted molar refractivity (Wildman–Crippen MR) is 66.2 cm³/mol. The van der Waals surface area contributed by atoms with E-state index in [1.165, 1.54) is 0 Å². The number of hydrogen-bond acceptors (Lipinski definition) is 4. The van der Waals surface area contributed by atoms with Gasteiger partial charge in [-0.25, -0.2) is 0 Å². The zero-order valence-electron chi connectivity index (χ0n) is 10.8. The molecule has 2 unspecified atom stereocenters. The normalized spacial score (nSPS) is 21.1. The number of nitrogens with zero attached hydrogens (tertiary/aromatic N) is 1. The zero-order chi connectivity index (χ0) is 12.7. The van der Waals surface area contributed by atoms with Crippen LogP contribution in [0.2, 0.25) is 0 Å². The monoisotopic (exact) mass is 244 g/mol.